The van der Waals surface area contributed by atoms with E-state index in [-0.39, 0.29) is 0 Å². The Morgan fingerprint density at radius 2 is 2.08 bits per heavy atom. The zero-order chi connectivity index (χ0) is 9.10. The Morgan fingerprint density at radius 1 is 1.31 bits per heavy atom. The number of nitrogens with one attached hydrogen (secondary N) is 1. The van der Waals surface area contributed by atoms with Crippen molar-refractivity contribution in [3.63, 3.8) is 0 Å². The Labute approximate surface area is 78.9 Å². The standard InChI is InChI=1S/C11H15NO/c1-9-11(7-8-13-9)12-10-5-3-2-4-6-10/h2-6,9,11-12H,7-8H2,1H3/t9-,11-/m0/s1. The highest BCUT2D eigenvalue weighted by molar-refractivity contribution is 5.43. The van der Waals surface area contributed by atoms with Gasteiger partial charge < -0.3 is 10.1 Å². The van der Waals surface area contributed by atoms with Crippen LogP contribution in [-0.2, 0) is 4.74 Å². The summed E-state index contributed by atoms with van der Waals surface area (Å²) in [5.41, 5.74) is 1.19. The minimum absolute atomic E-state index is 0.334. The average molecular weight is 177 g/mol. The molecule has 0 saturated carbocycles. The Hall–Kier alpha value is -1.02. The van der Waals surface area contributed by atoms with Crippen molar-refractivity contribution in [2.45, 2.75) is 25.5 Å². The van der Waals surface area contributed by atoms with Crippen LogP contribution in [0.1, 0.15) is 13.3 Å². The van der Waals surface area contributed by atoms with Gasteiger partial charge in [-0.2, -0.15) is 0 Å². The number of hydrogen-bond donors (Lipinski definition) is 1. The van der Waals surface area contributed by atoms with E-state index >= 15 is 0 Å². The largest absolute Gasteiger partial charge is 0.380 e. The molecule has 1 N–H and O–H groups in total. The summed E-state index contributed by atoms with van der Waals surface area (Å²) >= 11 is 0. The van der Waals surface area contributed by atoms with Gasteiger partial charge in [0.1, 0.15) is 0 Å². The van der Waals surface area contributed by atoms with Crippen molar-refractivity contribution in [2.75, 3.05) is 11.9 Å². The first kappa shape index (κ1) is 8.57. The van der Waals surface area contributed by atoms with Gasteiger partial charge in [-0.1, -0.05) is 18.2 Å². The molecule has 1 aromatic carbocycles. The molecule has 1 aliphatic heterocycles. The van der Waals surface area contributed by atoms with Crippen LogP contribution in [0.15, 0.2) is 30.3 Å². The van der Waals surface area contributed by atoms with Gasteiger partial charge in [0.25, 0.3) is 0 Å². The van der Waals surface area contributed by atoms with E-state index < -0.39 is 0 Å². The molecule has 1 aromatic rings. The van der Waals surface area contributed by atoms with Crippen molar-refractivity contribution in [1.82, 2.24) is 0 Å². The molecule has 0 spiro atoms. The van der Waals surface area contributed by atoms with Crippen LogP contribution in [0, 0.1) is 0 Å². The van der Waals surface area contributed by atoms with Crippen LogP contribution in [0.5, 0.6) is 0 Å². The molecule has 1 aliphatic rings. The smallest absolute Gasteiger partial charge is 0.0748 e. The van der Waals surface area contributed by atoms with Crippen molar-refractivity contribution < 1.29 is 4.74 Å². The van der Waals surface area contributed by atoms with E-state index in [1.807, 2.05) is 18.2 Å². The third-order valence-corrected chi connectivity index (χ3v) is 2.50. The highest BCUT2D eigenvalue weighted by Crippen LogP contribution is 2.18. The van der Waals surface area contributed by atoms with E-state index in [1.165, 1.54) is 5.69 Å². The van der Waals surface area contributed by atoms with Crippen molar-refractivity contribution >= 4 is 5.69 Å². The van der Waals surface area contributed by atoms with Crippen molar-refractivity contribution in [1.29, 1.82) is 0 Å². The fraction of sp³-hybridized carbons (Fsp3) is 0.455. The fourth-order valence-corrected chi connectivity index (χ4v) is 1.67. The maximum Gasteiger partial charge on any atom is 0.0748 e. The van der Waals surface area contributed by atoms with E-state index in [2.05, 4.69) is 24.4 Å². The molecule has 0 aromatic heterocycles. The van der Waals surface area contributed by atoms with Crippen molar-refractivity contribution in [3.05, 3.63) is 30.3 Å². The molecule has 1 saturated heterocycles. The first-order chi connectivity index (χ1) is 6.36. The minimum atomic E-state index is 0.334. The lowest BCUT2D eigenvalue weighted by Gasteiger charge is -2.16. The number of rotatable bonds is 2. The number of benzene rings is 1. The SMILES string of the molecule is C[C@@H]1OCC[C@@H]1Nc1ccccc1. The van der Waals surface area contributed by atoms with Gasteiger partial charge >= 0.3 is 0 Å². The topological polar surface area (TPSA) is 21.3 Å². The zero-order valence-electron chi connectivity index (χ0n) is 7.86. The predicted molar refractivity (Wildman–Crippen MR) is 53.9 cm³/mol. The number of para-hydroxylation sites is 1. The van der Waals surface area contributed by atoms with Gasteiger partial charge in [-0.15, -0.1) is 0 Å². The first-order valence-corrected chi connectivity index (χ1v) is 4.79. The molecule has 0 radical (unpaired) electrons. The third-order valence-electron chi connectivity index (χ3n) is 2.50. The van der Waals surface area contributed by atoms with E-state index in [9.17, 15) is 0 Å². The lowest BCUT2D eigenvalue weighted by Crippen LogP contribution is -2.26. The molecule has 2 rings (SSSR count). The fourth-order valence-electron chi connectivity index (χ4n) is 1.67. The van der Waals surface area contributed by atoms with Crippen LogP contribution in [0.2, 0.25) is 0 Å². The lowest BCUT2D eigenvalue weighted by molar-refractivity contribution is 0.121. The molecule has 0 unspecified atom stereocenters. The Balaban J connectivity index is 1.98. The van der Waals surface area contributed by atoms with Crippen LogP contribution in [0.4, 0.5) is 5.69 Å². The second-order valence-corrected chi connectivity index (χ2v) is 3.48. The van der Waals surface area contributed by atoms with Crippen LogP contribution >= 0.6 is 0 Å². The summed E-state index contributed by atoms with van der Waals surface area (Å²) in [6.45, 7) is 3.00. The van der Waals surface area contributed by atoms with Crippen LogP contribution in [0.3, 0.4) is 0 Å². The van der Waals surface area contributed by atoms with E-state index in [4.69, 9.17) is 4.74 Å². The normalized spacial score (nSPS) is 27.5. The van der Waals surface area contributed by atoms with Gasteiger partial charge in [-0.3, -0.25) is 0 Å². The summed E-state index contributed by atoms with van der Waals surface area (Å²) in [5.74, 6) is 0. The Bertz CT molecular complexity index is 260. The second kappa shape index (κ2) is 3.79. The monoisotopic (exact) mass is 177 g/mol. The zero-order valence-corrected chi connectivity index (χ0v) is 7.86. The Morgan fingerprint density at radius 3 is 2.69 bits per heavy atom. The lowest BCUT2D eigenvalue weighted by atomic mass is 10.1. The molecular weight excluding hydrogens is 162 g/mol. The predicted octanol–water partition coefficient (Wildman–Crippen LogP) is 2.28. The highest BCUT2D eigenvalue weighted by atomic mass is 16.5. The van der Waals surface area contributed by atoms with Crippen LogP contribution in [0.25, 0.3) is 0 Å². The molecular formula is C11H15NO. The van der Waals surface area contributed by atoms with E-state index in [0.717, 1.165) is 13.0 Å². The number of anilines is 1. The van der Waals surface area contributed by atoms with Gasteiger partial charge in [-0.05, 0) is 25.5 Å². The second-order valence-electron chi connectivity index (χ2n) is 3.48. The summed E-state index contributed by atoms with van der Waals surface area (Å²) in [7, 11) is 0. The molecule has 2 heteroatoms. The van der Waals surface area contributed by atoms with E-state index in [0.29, 0.717) is 12.1 Å². The molecule has 2 nitrogen and oxygen atoms in total. The minimum Gasteiger partial charge on any atom is -0.380 e. The summed E-state index contributed by atoms with van der Waals surface area (Å²) in [6, 6.07) is 10.8. The highest BCUT2D eigenvalue weighted by Gasteiger charge is 2.23. The first-order valence-electron chi connectivity index (χ1n) is 4.79. The molecule has 70 valence electrons. The number of ether oxygens (including phenoxy) is 1. The summed E-state index contributed by atoms with van der Waals surface area (Å²) in [5, 5.41) is 3.47. The van der Waals surface area contributed by atoms with Gasteiger partial charge in [0.15, 0.2) is 0 Å². The molecule has 0 aliphatic carbocycles. The Kier molecular flexibility index (Phi) is 2.50. The quantitative estimate of drug-likeness (QED) is 0.748. The molecule has 1 fully saturated rings. The molecule has 2 atom stereocenters. The maximum atomic E-state index is 5.48. The van der Waals surface area contributed by atoms with Gasteiger partial charge in [0.2, 0.25) is 0 Å². The molecule has 13 heavy (non-hydrogen) atoms. The van der Waals surface area contributed by atoms with Gasteiger partial charge in [-0.25, -0.2) is 0 Å². The molecule has 1 heterocycles. The maximum absolute atomic E-state index is 5.48. The molecule has 0 bridgehead atoms. The van der Waals surface area contributed by atoms with Crippen LogP contribution < -0.4 is 5.32 Å². The van der Waals surface area contributed by atoms with Gasteiger partial charge in [0.05, 0.1) is 12.1 Å². The van der Waals surface area contributed by atoms with Crippen molar-refractivity contribution in [3.8, 4) is 0 Å². The number of hydrogen-bond acceptors (Lipinski definition) is 2. The third kappa shape index (κ3) is 2.01. The van der Waals surface area contributed by atoms with E-state index in [1.54, 1.807) is 0 Å². The average Bonchev–Trinajstić information content (AvgIpc) is 2.54. The van der Waals surface area contributed by atoms with Gasteiger partial charge in [0, 0.05) is 12.3 Å². The molecule has 0 amide bonds. The summed E-state index contributed by atoms with van der Waals surface area (Å²) in [6.07, 6.45) is 1.44. The summed E-state index contributed by atoms with van der Waals surface area (Å²) < 4.78 is 5.48. The van der Waals surface area contributed by atoms with Crippen molar-refractivity contribution in [2.24, 2.45) is 0 Å². The van der Waals surface area contributed by atoms with Crippen LogP contribution in [-0.4, -0.2) is 18.8 Å². The summed E-state index contributed by atoms with van der Waals surface area (Å²) in [4.78, 5) is 0.